The number of carbonyl (C=O) groups is 4. The van der Waals surface area contributed by atoms with Gasteiger partial charge in [-0.3, -0.25) is 0 Å². The second-order valence-corrected chi connectivity index (χ2v) is 4.34. The van der Waals surface area contributed by atoms with E-state index in [0.717, 1.165) is 7.11 Å². The van der Waals surface area contributed by atoms with Crippen LogP contribution in [0.2, 0.25) is 0 Å². The van der Waals surface area contributed by atoms with Gasteiger partial charge in [0.2, 0.25) is 0 Å². The van der Waals surface area contributed by atoms with Gasteiger partial charge in [0.25, 0.3) is 0 Å². The van der Waals surface area contributed by atoms with Crippen molar-refractivity contribution in [1.29, 1.82) is 0 Å². The van der Waals surface area contributed by atoms with Gasteiger partial charge in [-0.2, -0.15) is 0 Å². The highest BCUT2D eigenvalue weighted by molar-refractivity contribution is 5.85. The maximum Gasteiger partial charge on any atom is 0.330 e. The molecule has 0 atom stereocenters. The largest absolute Gasteiger partial charge is 0.478 e. The molecule has 0 amide bonds. The summed E-state index contributed by atoms with van der Waals surface area (Å²) in [5.74, 6) is -3.74. The highest BCUT2D eigenvalue weighted by Crippen LogP contribution is 1.82. The van der Waals surface area contributed by atoms with Gasteiger partial charge < -0.3 is 25.5 Å². The molecular formula is C17H28O9. The van der Waals surface area contributed by atoms with E-state index < -0.39 is 23.9 Å². The molecule has 9 nitrogen and oxygen atoms in total. The molecule has 0 bridgehead atoms. The molecule has 0 saturated carbocycles. The maximum absolute atomic E-state index is 9.60. The van der Waals surface area contributed by atoms with E-state index in [1.165, 1.54) is 27.7 Å². The van der Waals surface area contributed by atoms with Gasteiger partial charge in [0, 0.05) is 29.4 Å². The van der Waals surface area contributed by atoms with Crippen LogP contribution in [0, 0.1) is 0 Å². The zero-order chi connectivity index (χ0) is 22.6. The summed E-state index contributed by atoms with van der Waals surface area (Å²) in [4.78, 5) is 38.4. The average Bonchev–Trinajstić information content (AvgIpc) is 2.50. The summed E-state index contributed by atoms with van der Waals surface area (Å²) in [6, 6.07) is 0. The Balaban J connectivity index is -0.0000000729. The summed E-state index contributed by atoms with van der Waals surface area (Å²) < 4.78 is 0. The van der Waals surface area contributed by atoms with Crippen LogP contribution in [0.5, 0.6) is 0 Å². The van der Waals surface area contributed by atoms with E-state index in [1.807, 2.05) is 0 Å². The molecule has 150 valence electrons. The number of hydrogen-bond acceptors (Lipinski definition) is 5. The lowest BCUT2D eigenvalue weighted by Gasteiger charge is -1.79. The topological polar surface area (TPSA) is 169 Å². The minimum Gasteiger partial charge on any atom is -0.478 e. The fourth-order valence-electron chi connectivity index (χ4n) is 0. The number of aliphatic carboxylic acids is 4. The van der Waals surface area contributed by atoms with Gasteiger partial charge in [-0.1, -0.05) is 26.3 Å². The molecule has 5 N–H and O–H groups in total. The average molecular weight is 376 g/mol. The predicted octanol–water partition coefficient (Wildman–Crippen LogP) is 2.20. The third kappa shape index (κ3) is 49.8. The van der Waals surface area contributed by atoms with Crippen LogP contribution in [0.3, 0.4) is 0 Å². The second-order valence-electron chi connectivity index (χ2n) is 4.34. The smallest absolute Gasteiger partial charge is 0.330 e. The number of rotatable bonds is 4. The van der Waals surface area contributed by atoms with Crippen molar-refractivity contribution >= 4 is 23.9 Å². The molecule has 0 aliphatic rings. The normalized spacial score (nSPS) is 7.15. The molecule has 0 aliphatic heterocycles. The monoisotopic (exact) mass is 376 g/mol. The van der Waals surface area contributed by atoms with Crippen LogP contribution in [-0.4, -0.2) is 56.5 Å². The first-order chi connectivity index (χ1) is 11.6. The molecule has 0 aromatic rings. The van der Waals surface area contributed by atoms with Crippen LogP contribution < -0.4 is 0 Å². The first-order valence-electron chi connectivity index (χ1n) is 6.57. The zero-order valence-corrected chi connectivity index (χ0v) is 15.7. The Hall–Kier alpha value is -3.20. The summed E-state index contributed by atoms with van der Waals surface area (Å²) in [6.07, 6.45) is 0. The van der Waals surface area contributed by atoms with Crippen molar-refractivity contribution in [2.75, 3.05) is 7.11 Å². The molecule has 9 heteroatoms. The van der Waals surface area contributed by atoms with Crippen molar-refractivity contribution in [2.24, 2.45) is 0 Å². The molecule has 0 heterocycles. The molecule has 0 aromatic carbocycles. The van der Waals surface area contributed by atoms with E-state index in [4.69, 9.17) is 25.5 Å². The van der Waals surface area contributed by atoms with Gasteiger partial charge in [-0.05, 0) is 27.7 Å². The number of aliphatic hydroxyl groups is 1. The molecule has 0 radical (unpaired) electrons. The van der Waals surface area contributed by atoms with Crippen LogP contribution in [-0.2, 0) is 19.2 Å². The van der Waals surface area contributed by atoms with Gasteiger partial charge in [0.05, 0.1) is 0 Å². The third-order valence-corrected chi connectivity index (χ3v) is 1.46. The minimum absolute atomic E-state index is 0.176. The number of carboxylic acid groups (broad SMARTS) is 4. The summed E-state index contributed by atoms with van der Waals surface area (Å²) >= 11 is 0. The molecule has 0 fully saturated rings. The first-order valence-corrected chi connectivity index (χ1v) is 6.57. The summed E-state index contributed by atoms with van der Waals surface area (Å²) in [5.41, 5.74) is 0.704. The molecule has 0 aliphatic carbocycles. The Morgan fingerprint density at radius 1 is 0.462 bits per heavy atom. The Kier molecular flexibility index (Phi) is 28.7. The maximum atomic E-state index is 9.60. The molecule has 0 unspecified atom stereocenters. The van der Waals surface area contributed by atoms with Crippen molar-refractivity contribution in [2.45, 2.75) is 27.7 Å². The highest BCUT2D eigenvalue weighted by atomic mass is 16.4. The lowest BCUT2D eigenvalue weighted by atomic mass is 10.4. The van der Waals surface area contributed by atoms with Gasteiger partial charge in [-0.25, -0.2) is 19.2 Å². The lowest BCUT2D eigenvalue weighted by Crippen LogP contribution is -1.92. The highest BCUT2D eigenvalue weighted by Gasteiger charge is 1.91. The Bertz CT molecular complexity index is 384. The molecule has 0 rings (SSSR count). The van der Waals surface area contributed by atoms with E-state index in [-0.39, 0.29) is 22.3 Å². The van der Waals surface area contributed by atoms with E-state index in [9.17, 15) is 19.2 Å². The Labute approximate surface area is 152 Å². The van der Waals surface area contributed by atoms with E-state index in [0.29, 0.717) is 0 Å². The quantitative estimate of drug-likeness (QED) is 0.461. The van der Waals surface area contributed by atoms with Crippen molar-refractivity contribution in [3.63, 3.8) is 0 Å². The van der Waals surface area contributed by atoms with Crippen molar-refractivity contribution in [1.82, 2.24) is 0 Å². The zero-order valence-electron chi connectivity index (χ0n) is 15.7. The number of aliphatic hydroxyl groups excluding tert-OH is 1. The van der Waals surface area contributed by atoms with E-state index in [1.54, 1.807) is 0 Å². The van der Waals surface area contributed by atoms with Gasteiger partial charge >= 0.3 is 23.9 Å². The van der Waals surface area contributed by atoms with E-state index in [2.05, 4.69) is 26.3 Å². The standard InChI is InChI=1S/4C4H6O2.CH4O/c4*1-3(2)4(5)6;1-2/h4*1H2,2H3,(H,5,6);2H,1H3. The number of hydrogen-bond donors (Lipinski definition) is 5. The van der Waals surface area contributed by atoms with Crippen LogP contribution in [0.1, 0.15) is 27.7 Å². The predicted molar refractivity (Wildman–Crippen MR) is 97.9 cm³/mol. The molecule has 26 heavy (non-hydrogen) atoms. The third-order valence-electron chi connectivity index (χ3n) is 1.46. The van der Waals surface area contributed by atoms with Crippen molar-refractivity contribution < 1.29 is 44.7 Å². The first kappa shape index (κ1) is 34.2. The lowest BCUT2D eigenvalue weighted by molar-refractivity contribution is -0.133. The van der Waals surface area contributed by atoms with Crippen molar-refractivity contribution in [3.05, 3.63) is 48.6 Å². The summed E-state index contributed by atoms with van der Waals surface area (Å²) in [7, 11) is 1.00. The second kappa shape index (κ2) is 21.8. The van der Waals surface area contributed by atoms with Gasteiger partial charge in [-0.15, -0.1) is 0 Å². The van der Waals surface area contributed by atoms with Crippen LogP contribution >= 0.6 is 0 Å². The Morgan fingerprint density at radius 3 is 0.500 bits per heavy atom. The minimum atomic E-state index is -0.935. The van der Waals surface area contributed by atoms with E-state index >= 15 is 0 Å². The molecule has 0 aromatic heterocycles. The fraction of sp³-hybridized carbons (Fsp3) is 0.294. The molecular weight excluding hydrogens is 348 g/mol. The van der Waals surface area contributed by atoms with Gasteiger partial charge in [0.15, 0.2) is 0 Å². The SMILES string of the molecule is C=C(C)C(=O)O.C=C(C)C(=O)O.C=C(C)C(=O)O.C=C(C)C(=O)O.CO. The van der Waals surface area contributed by atoms with Crippen LogP contribution in [0.15, 0.2) is 48.6 Å². The number of carboxylic acids is 4. The molecule has 0 spiro atoms. The molecule has 0 saturated heterocycles. The Morgan fingerprint density at radius 2 is 0.500 bits per heavy atom. The van der Waals surface area contributed by atoms with Crippen molar-refractivity contribution in [3.8, 4) is 0 Å². The fourth-order valence-corrected chi connectivity index (χ4v) is 0. The van der Waals surface area contributed by atoms with Crippen LogP contribution in [0.4, 0.5) is 0 Å². The summed E-state index contributed by atoms with van der Waals surface area (Å²) in [6.45, 7) is 18.4. The summed E-state index contributed by atoms with van der Waals surface area (Å²) in [5, 5.41) is 38.6. The van der Waals surface area contributed by atoms with Gasteiger partial charge in [0.1, 0.15) is 0 Å². The van der Waals surface area contributed by atoms with Crippen LogP contribution in [0.25, 0.3) is 0 Å².